The third-order valence-corrected chi connectivity index (χ3v) is 7.35. The molecule has 0 amide bonds. The summed E-state index contributed by atoms with van der Waals surface area (Å²) in [5, 5.41) is 0.849. The second-order valence-corrected chi connectivity index (χ2v) is 9.68. The molecule has 0 N–H and O–H groups in total. The Balaban J connectivity index is 0.00000274. The molecule has 5 rings (SSSR count). The second-order valence-electron chi connectivity index (χ2n) is 9.27. The van der Waals surface area contributed by atoms with E-state index in [2.05, 4.69) is 64.4 Å². The Hall–Kier alpha value is -2.20. The summed E-state index contributed by atoms with van der Waals surface area (Å²) in [7, 11) is 0. The standard InChI is InChI=1S/C29H33ClN2O.ClH/c30-28-7-3-4-8-29(28)32-19-17-31(18-20-32)16-15-23-9-11-24(12-10-23)22-33-27-14-13-25-5-1-2-6-26(25)21-27;/h3-4,7-14,21H,1-2,5-6,15-20,22H2;1H. The fourth-order valence-electron chi connectivity index (χ4n) is 4.98. The second kappa shape index (κ2) is 12.0. The highest BCUT2D eigenvalue weighted by atomic mass is 35.5. The Morgan fingerprint density at radius 3 is 2.24 bits per heavy atom. The molecule has 3 aromatic rings. The SMILES string of the molecule is Cl.Clc1ccccc1N1CCN(CCc2ccc(COc3ccc4c(c3)CCCC4)cc2)CC1. The lowest BCUT2D eigenvalue weighted by molar-refractivity contribution is 0.261. The molecule has 0 unspecified atom stereocenters. The molecule has 0 aromatic heterocycles. The molecular formula is C29H34Cl2N2O. The van der Waals surface area contributed by atoms with Crippen LogP contribution in [0.1, 0.15) is 35.1 Å². The zero-order valence-corrected chi connectivity index (χ0v) is 21.3. The van der Waals surface area contributed by atoms with Gasteiger partial charge in [0.1, 0.15) is 12.4 Å². The molecule has 0 radical (unpaired) electrons. The third-order valence-electron chi connectivity index (χ3n) is 7.03. The van der Waals surface area contributed by atoms with Crippen molar-refractivity contribution < 1.29 is 4.74 Å². The largest absolute Gasteiger partial charge is 0.489 e. The Kier molecular flexibility index (Phi) is 8.77. The van der Waals surface area contributed by atoms with Crippen LogP contribution in [0.5, 0.6) is 5.75 Å². The van der Waals surface area contributed by atoms with Crippen LogP contribution in [0.25, 0.3) is 0 Å². The quantitative estimate of drug-likeness (QED) is 0.367. The minimum absolute atomic E-state index is 0. The summed E-state index contributed by atoms with van der Waals surface area (Å²) in [5.74, 6) is 0.996. The maximum atomic E-state index is 6.37. The van der Waals surface area contributed by atoms with Crippen LogP contribution in [-0.2, 0) is 25.9 Å². The van der Waals surface area contributed by atoms with E-state index in [-0.39, 0.29) is 12.4 Å². The summed E-state index contributed by atoms with van der Waals surface area (Å²) in [5.41, 5.74) is 6.75. The lowest BCUT2D eigenvalue weighted by Crippen LogP contribution is -2.47. The zero-order chi connectivity index (χ0) is 22.5. The van der Waals surface area contributed by atoms with Crippen molar-refractivity contribution in [1.29, 1.82) is 0 Å². The van der Waals surface area contributed by atoms with Gasteiger partial charge in [-0.15, -0.1) is 12.4 Å². The molecule has 2 aliphatic rings. The number of rotatable bonds is 7. The summed E-state index contributed by atoms with van der Waals surface area (Å²) in [6.07, 6.45) is 6.11. The highest BCUT2D eigenvalue weighted by molar-refractivity contribution is 6.33. The number of benzene rings is 3. The first-order valence-electron chi connectivity index (χ1n) is 12.3. The number of halogens is 2. The molecule has 0 saturated carbocycles. The number of anilines is 1. The van der Waals surface area contributed by atoms with Crippen molar-refractivity contribution >= 4 is 29.7 Å². The molecule has 3 aromatic carbocycles. The van der Waals surface area contributed by atoms with Crippen molar-refractivity contribution in [2.75, 3.05) is 37.6 Å². The van der Waals surface area contributed by atoms with Crippen molar-refractivity contribution in [1.82, 2.24) is 4.90 Å². The van der Waals surface area contributed by atoms with Crippen LogP contribution in [0.2, 0.25) is 5.02 Å². The monoisotopic (exact) mass is 496 g/mol. The summed E-state index contributed by atoms with van der Waals surface area (Å²) in [6, 6.07) is 23.7. The Bertz CT molecular complexity index is 1060. The van der Waals surface area contributed by atoms with Crippen LogP contribution in [0.4, 0.5) is 5.69 Å². The van der Waals surface area contributed by atoms with Crippen molar-refractivity contribution in [2.24, 2.45) is 0 Å². The third kappa shape index (κ3) is 6.27. The van der Waals surface area contributed by atoms with Crippen LogP contribution >= 0.6 is 24.0 Å². The van der Waals surface area contributed by atoms with Gasteiger partial charge in [-0.1, -0.05) is 54.1 Å². The fraction of sp³-hybridized carbons (Fsp3) is 0.379. The number of hydrogen-bond acceptors (Lipinski definition) is 3. The number of aryl methyl sites for hydroxylation is 2. The van der Waals surface area contributed by atoms with Gasteiger partial charge in [-0.2, -0.15) is 0 Å². The molecule has 1 saturated heterocycles. The highest BCUT2D eigenvalue weighted by Crippen LogP contribution is 2.27. The van der Waals surface area contributed by atoms with Gasteiger partial charge >= 0.3 is 0 Å². The summed E-state index contributed by atoms with van der Waals surface area (Å²) < 4.78 is 6.09. The molecule has 5 heteroatoms. The molecule has 34 heavy (non-hydrogen) atoms. The molecule has 0 spiro atoms. The van der Waals surface area contributed by atoms with E-state index < -0.39 is 0 Å². The summed E-state index contributed by atoms with van der Waals surface area (Å²) >= 11 is 6.37. The first kappa shape index (κ1) is 24.9. The molecular weight excluding hydrogens is 463 g/mol. The van der Waals surface area contributed by atoms with E-state index in [4.69, 9.17) is 16.3 Å². The molecule has 1 heterocycles. The van der Waals surface area contributed by atoms with Crippen LogP contribution in [0.3, 0.4) is 0 Å². The van der Waals surface area contributed by atoms with Gasteiger partial charge in [0.15, 0.2) is 0 Å². The van der Waals surface area contributed by atoms with E-state index >= 15 is 0 Å². The number of piperazine rings is 1. The number of hydrogen-bond donors (Lipinski definition) is 0. The van der Waals surface area contributed by atoms with Gasteiger partial charge < -0.3 is 9.64 Å². The maximum Gasteiger partial charge on any atom is 0.120 e. The average Bonchev–Trinajstić information content (AvgIpc) is 2.87. The van der Waals surface area contributed by atoms with Gasteiger partial charge in [0.2, 0.25) is 0 Å². The lowest BCUT2D eigenvalue weighted by atomic mass is 9.92. The topological polar surface area (TPSA) is 15.7 Å². The normalized spacial score (nSPS) is 16.0. The summed E-state index contributed by atoms with van der Waals surface area (Å²) in [4.78, 5) is 4.95. The van der Waals surface area contributed by atoms with Crippen molar-refractivity contribution in [3.05, 3.63) is 94.0 Å². The van der Waals surface area contributed by atoms with Gasteiger partial charge in [-0.3, -0.25) is 4.90 Å². The molecule has 1 fully saturated rings. The van der Waals surface area contributed by atoms with Crippen LogP contribution in [0.15, 0.2) is 66.7 Å². The van der Waals surface area contributed by atoms with E-state index in [1.807, 2.05) is 12.1 Å². The van der Waals surface area contributed by atoms with Gasteiger partial charge in [0, 0.05) is 32.7 Å². The Morgan fingerprint density at radius 1 is 0.765 bits per heavy atom. The van der Waals surface area contributed by atoms with Gasteiger partial charge in [-0.25, -0.2) is 0 Å². The molecule has 0 atom stereocenters. The summed E-state index contributed by atoms with van der Waals surface area (Å²) in [6.45, 7) is 5.95. The van der Waals surface area contributed by atoms with Crippen LogP contribution in [-0.4, -0.2) is 37.6 Å². The Morgan fingerprint density at radius 2 is 1.47 bits per heavy atom. The maximum absolute atomic E-state index is 6.37. The van der Waals surface area contributed by atoms with Crippen LogP contribution in [0, 0.1) is 0 Å². The molecule has 180 valence electrons. The number of ether oxygens (including phenoxy) is 1. The minimum Gasteiger partial charge on any atom is -0.489 e. The van der Waals surface area contributed by atoms with E-state index in [9.17, 15) is 0 Å². The number of nitrogens with zero attached hydrogens (tertiary/aromatic N) is 2. The smallest absolute Gasteiger partial charge is 0.120 e. The van der Waals surface area contributed by atoms with Crippen LogP contribution < -0.4 is 9.64 Å². The number of fused-ring (bicyclic) bond motifs is 1. The molecule has 1 aliphatic heterocycles. The van der Waals surface area contributed by atoms with Crippen molar-refractivity contribution in [3.8, 4) is 5.75 Å². The first-order valence-corrected chi connectivity index (χ1v) is 12.7. The predicted molar refractivity (Wildman–Crippen MR) is 145 cm³/mol. The van der Waals surface area contributed by atoms with Crippen molar-refractivity contribution in [3.63, 3.8) is 0 Å². The lowest BCUT2D eigenvalue weighted by Gasteiger charge is -2.36. The molecule has 3 nitrogen and oxygen atoms in total. The van der Waals surface area contributed by atoms with Gasteiger partial charge in [0.25, 0.3) is 0 Å². The van der Waals surface area contributed by atoms with E-state index in [0.717, 1.165) is 55.6 Å². The fourth-order valence-corrected chi connectivity index (χ4v) is 5.23. The first-order chi connectivity index (χ1) is 16.2. The van der Waals surface area contributed by atoms with Gasteiger partial charge in [-0.05, 0) is 78.6 Å². The highest BCUT2D eigenvalue weighted by Gasteiger charge is 2.18. The van der Waals surface area contributed by atoms with E-state index in [0.29, 0.717) is 6.61 Å². The van der Waals surface area contributed by atoms with E-state index in [1.54, 1.807) is 0 Å². The average molecular weight is 498 g/mol. The van der Waals surface area contributed by atoms with Gasteiger partial charge in [0.05, 0.1) is 10.7 Å². The Labute approximate surface area is 215 Å². The number of para-hydroxylation sites is 1. The minimum atomic E-state index is 0. The molecule has 0 bridgehead atoms. The zero-order valence-electron chi connectivity index (χ0n) is 19.7. The van der Waals surface area contributed by atoms with E-state index in [1.165, 1.54) is 47.9 Å². The molecule has 1 aliphatic carbocycles. The predicted octanol–water partition coefficient (Wildman–Crippen LogP) is 6.58. The van der Waals surface area contributed by atoms with Crippen molar-refractivity contribution in [2.45, 2.75) is 38.7 Å².